The molecule has 0 radical (unpaired) electrons. The second-order valence-electron chi connectivity index (χ2n) is 34.4. The fraction of sp³-hybridized carbons (Fsp3) is 0.469. The normalized spacial score (nSPS) is 36.9. The highest BCUT2D eigenvalue weighted by molar-refractivity contribution is 7.10. The molecular weight excluding hydrogens is 1870 g/mol. The van der Waals surface area contributed by atoms with Gasteiger partial charge in [-0.3, -0.25) is 14.4 Å². The first-order valence-corrected chi connectivity index (χ1v) is 46.3. The standard InChI is InChI=1S/3C32H32O13S/c3*1-37-19-6-13(7-20(38-2)25(19)33)23-14-8-17-18(42-12-41-17)9-15(14)28(16-10-39-30(36)24(16)23)44-32-27(35)26(34)29-21(43-32)11-40-31(45-29)22-4-3-5-46-22/h3*3-9,16,21,23-24,26-29,31-35H,10-12H2,1-2H3/t3*16-,21+,23+,24-,26+,27+,28+,29+,31+,32-/m000/s1/i1D3,2D3,10D2;24D;10D2. The molecule has 6 aromatic carbocycles. The van der Waals surface area contributed by atoms with E-state index in [9.17, 15) is 61.7 Å². The van der Waals surface area contributed by atoms with Crippen LogP contribution in [0.3, 0.4) is 0 Å². The van der Waals surface area contributed by atoms with Crippen molar-refractivity contribution in [3.63, 3.8) is 0 Å². The highest BCUT2D eigenvalue weighted by Gasteiger charge is 2.62. The molecule has 138 heavy (non-hydrogen) atoms. The Bertz CT molecular complexity index is 6460. The Kier molecular flexibility index (Phi) is 21.8. The van der Waals surface area contributed by atoms with Gasteiger partial charge in [0.05, 0.1) is 146 Å². The first kappa shape index (κ1) is 79.9. The van der Waals surface area contributed by atoms with Crippen LogP contribution in [0.25, 0.3) is 0 Å². The second kappa shape index (κ2) is 37.6. The fourth-order valence-corrected chi connectivity index (χ4v) is 22.8. The predicted molar refractivity (Wildman–Crippen MR) is 468 cm³/mol. The molecule has 0 spiro atoms. The van der Waals surface area contributed by atoms with Crippen molar-refractivity contribution in [2.75, 3.05) is 102 Å². The summed E-state index contributed by atoms with van der Waals surface area (Å²) in [4.78, 5) is 43.4. The van der Waals surface area contributed by atoms with Gasteiger partial charge in [-0.15, -0.1) is 34.0 Å². The van der Waals surface area contributed by atoms with E-state index in [4.69, 9.17) is 142 Å². The number of hydrogen-bond donors (Lipinski definition) is 9. The van der Waals surface area contributed by atoms with E-state index in [0.29, 0.717) is 56.4 Å². The van der Waals surface area contributed by atoms with Gasteiger partial charge in [0.15, 0.2) is 107 Å². The number of hydrogen-bond acceptors (Lipinski definition) is 42. The maximum atomic E-state index is 13.8. The van der Waals surface area contributed by atoms with Crippen LogP contribution in [0.1, 0.15) is 135 Å². The number of aliphatic hydroxyl groups excluding tert-OH is 6. The maximum absolute atomic E-state index is 13.8. The minimum absolute atomic E-state index is 0.0257. The lowest BCUT2D eigenvalue weighted by Gasteiger charge is -2.48. The Hall–Kier alpha value is -10.9. The van der Waals surface area contributed by atoms with E-state index < -0.39 is 245 Å². The van der Waals surface area contributed by atoms with Crippen molar-refractivity contribution in [3.8, 4) is 86.2 Å². The number of aliphatic hydroxyl groups is 6. The molecule has 0 amide bonds. The molecule has 732 valence electrons. The zero-order valence-corrected chi connectivity index (χ0v) is 75.3. The number of ether oxygens (including phenoxy) is 27. The number of aromatic hydroxyl groups is 3. The quantitative estimate of drug-likeness (QED) is 0.0288. The van der Waals surface area contributed by atoms with Gasteiger partial charge in [-0.25, -0.2) is 0 Å². The maximum Gasteiger partial charge on any atom is 0.310 e. The van der Waals surface area contributed by atoms with Crippen molar-refractivity contribution in [1.29, 1.82) is 0 Å². The molecule has 0 saturated carbocycles. The Labute approximate surface area is 812 Å². The lowest BCUT2D eigenvalue weighted by atomic mass is 9.66. The van der Waals surface area contributed by atoms with Crippen LogP contribution in [0.15, 0.2) is 125 Å². The molecule has 42 heteroatoms. The smallest absolute Gasteiger partial charge is 0.310 e. The van der Waals surface area contributed by atoms with E-state index >= 15 is 0 Å². The number of phenolic OH excluding ortho intramolecular Hbond substituents is 3. The number of esters is 3. The summed E-state index contributed by atoms with van der Waals surface area (Å²) in [6, 6.07) is 29.1. The van der Waals surface area contributed by atoms with Gasteiger partial charge in [-0.05, 0) is 157 Å². The van der Waals surface area contributed by atoms with Gasteiger partial charge in [0.1, 0.15) is 73.2 Å². The first-order chi connectivity index (χ1) is 71.2. The topological polar surface area (TPSA) is 482 Å². The Morgan fingerprint density at radius 2 is 0.659 bits per heavy atom. The van der Waals surface area contributed by atoms with Crippen LogP contribution in [0, 0.1) is 35.5 Å². The number of carbonyl (C=O) groups is 3. The summed E-state index contributed by atoms with van der Waals surface area (Å²) < 4.78 is 246. The molecular formula is C96H96O39S3. The summed E-state index contributed by atoms with van der Waals surface area (Å²) in [6.45, 7) is -5.69. The van der Waals surface area contributed by atoms with Gasteiger partial charge in [-0.1, -0.05) is 18.2 Å². The SMILES string of the molecule is [2H]C([2H])([2H])Oc1cc([C@@H]2c3cc4c(cc3[C@@H](O[C@@H]3O[C@@H]5CO[C@@H](c6cccs6)O[C@H]5[C@H](O)[C@H]3O)[C@@H]3[C@@H]2C(=O)OC3([2H])[2H])OCO4)cc(OC([2H])([2H])[2H])c1O.[2H]C1([2H])OC(=O)[C@@H]2[C@H](c3cc(OC)c(O)c(OC)c3)c3cc4c(cc3[C@@H](O[C@@H]3O[C@@H]5CO[C@@H](c6cccs6)O[C@H]5[C@H](O)[C@H]3O)[C@H]21)OCO4.[2H][C@]12C(=O)OC[C@@H]1[C@H](O[C@@H]1O[C@@H]3CO[C@@H](c4cccs4)O[C@H]3[C@H](O)[C@H]1O)c1cc3c(cc1[C@H]2c1cc(OC)c(O)c(OC)c1)OCO3. The van der Waals surface area contributed by atoms with E-state index in [2.05, 4.69) is 0 Å². The van der Waals surface area contributed by atoms with Gasteiger partial charge >= 0.3 is 17.9 Å². The second-order valence-corrected chi connectivity index (χ2v) is 37.4. The number of cyclic esters (lactones) is 3. The number of methoxy groups -OCH3 is 6. The zero-order valence-electron chi connectivity index (χ0n) is 83.8. The number of thiophene rings is 3. The van der Waals surface area contributed by atoms with Crippen LogP contribution in [-0.4, -0.2) is 258 Å². The molecule has 15 aliphatic rings. The summed E-state index contributed by atoms with van der Waals surface area (Å²) >= 11 is 4.25. The van der Waals surface area contributed by atoms with Crippen molar-refractivity contribution in [2.24, 2.45) is 35.5 Å². The number of carbonyl (C=O) groups excluding carboxylic acids is 3. The highest BCUT2D eigenvalue weighted by Crippen LogP contribution is 2.63. The average Bonchev–Trinajstić information content (AvgIpc) is 1.58. The van der Waals surface area contributed by atoms with E-state index in [1.54, 1.807) is 54.6 Å². The monoisotopic (exact) mass is 1980 g/mol. The number of rotatable bonds is 18. The summed E-state index contributed by atoms with van der Waals surface area (Å²) in [5.41, 5.74) is 3.27. The molecule has 3 aromatic heterocycles. The van der Waals surface area contributed by atoms with Gasteiger partial charge in [-0.2, -0.15) is 0 Å². The summed E-state index contributed by atoms with van der Waals surface area (Å²) in [6.07, 6.45) is -25.2. The van der Waals surface area contributed by atoms with E-state index in [1.165, 1.54) is 74.6 Å². The van der Waals surface area contributed by atoms with Crippen LogP contribution < -0.4 is 56.8 Å². The predicted octanol–water partition coefficient (Wildman–Crippen LogP) is 8.26. The third-order valence-corrected chi connectivity index (χ3v) is 29.8. The largest absolute Gasteiger partial charge is 0.502 e. The number of benzene rings is 6. The molecule has 39 nitrogen and oxygen atoms in total. The summed E-state index contributed by atoms with van der Waals surface area (Å²) in [5, 5.41) is 105. The molecule has 15 heterocycles. The molecule has 9 saturated heterocycles. The fourth-order valence-electron chi connectivity index (χ4n) is 20.6. The Morgan fingerprint density at radius 3 is 0.971 bits per heavy atom. The average molecular weight is 1980 g/mol. The van der Waals surface area contributed by atoms with Gasteiger partial charge in [0.2, 0.25) is 37.6 Å². The Morgan fingerprint density at radius 1 is 0.355 bits per heavy atom. The Balaban J connectivity index is 0.000000127. The summed E-state index contributed by atoms with van der Waals surface area (Å²) in [7, 11) is -0.731. The minimum atomic E-state index is -3.13. The molecule has 12 aliphatic heterocycles. The van der Waals surface area contributed by atoms with Gasteiger partial charge in [0, 0.05) is 36.9 Å². The lowest BCUT2D eigenvalue weighted by Crippen LogP contribution is -2.62. The van der Waals surface area contributed by atoms with Crippen molar-refractivity contribution in [3.05, 3.63) is 190 Å². The van der Waals surface area contributed by atoms with E-state index in [1.807, 2.05) is 46.5 Å². The molecule has 9 N–H and O–H groups in total. The van der Waals surface area contributed by atoms with E-state index in [0.717, 1.165) is 26.8 Å². The van der Waals surface area contributed by atoms with Crippen molar-refractivity contribution in [2.45, 2.75) is 147 Å². The van der Waals surface area contributed by atoms with Crippen molar-refractivity contribution < 1.29 is 203 Å². The van der Waals surface area contributed by atoms with Crippen LogP contribution in [0.4, 0.5) is 0 Å². The molecule has 9 fully saturated rings. The molecule has 9 aromatic rings. The molecule has 24 rings (SSSR count). The van der Waals surface area contributed by atoms with Gasteiger partial charge < -0.3 is 174 Å². The molecule has 3 aliphatic carbocycles. The lowest BCUT2D eigenvalue weighted by molar-refractivity contribution is -0.368. The molecule has 0 unspecified atom stereocenters. The first-order valence-electron chi connectivity index (χ1n) is 49.2. The van der Waals surface area contributed by atoms with E-state index in [-0.39, 0.29) is 109 Å². The van der Waals surface area contributed by atoms with Crippen LogP contribution in [-0.2, 0) is 85.4 Å². The third-order valence-electron chi connectivity index (χ3n) is 27.1. The van der Waals surface area contributed by atoms with Crippen LogP contribution in [0.2, 0.25) is 0 Å². The van der Waals surface area contributed by atoms with Crippen LogP contribution >= 0.6 is 34.0 Å². The molecule has 0 bridgehead atoms. The van der Waals surface area contributed by atoms with Crippen LogP contribution in [0.5, 0.6) is 86.2 Å². The zero-order chi connectivity index (χ0) is 105. The van der Waals surface area contributed by atoms with Gasteiger partial charge in [0.25, 0.3) is 0 Å². The number of phenols is 3. The third kappa shape index (κ3) is 16.1. The highest BCUT2D eigenvalue weighted by atomic mass is 32.1. The summed E-state index contributed by atoms with van der Waals surface area (Å²) in [5.74, 6) is -14.5. The van der Waals surface area contributed by atoms with Crippen molar-refractivity contribution >= 4 is 51.9 Å². The number of fused-ring (bicyclic) bond motifs is 12. The molecule has 30 atom stereocenters. The van der Waals surface area contributed by atoms with Crippen molar-refractivity contribution in [1.82, 2.24) is 0 Å². The minimum Gasteiger partial charge on any atom is -0.502 e.